The number of amides is 2. The molecule has 0 spiro atoms. The summed E-state index contributed by atoms with van der Waals surface area (Å²) in [4.78, 5) is 35.0. The minimum Gasteiger partial charge on any atom is -0.480 e. The second-order valence-electron chi connectivity index (χ2n) is 6.12. The highest BCUT2D eigenvalue weighted by Crippen LogP contribution is 2.09. The van der Waals surface area contributed by atoms with Gasteiger partial charge in [0, 0.05) is 13.3 Å². The van der Waals surface area contributed by atoms with Crippen LogP contribution in [0.5, 0.6) is 0 Å². The summed E-state index contributed by atoms with van der Waals surface area (Å²) in [5, 5.41) is 14.1. The van der Waals surface area contributed by atoms with E-state index in [0.29, 0.717) is 5.56 Å². The maximum absolute atomic E-state index is 13.3. The minimum atomic E-state index is -1.13. The molecule has 1 aromatic carbocycles. The molecular weight excluding hydrogens is 315 g/mol. The van der Waals surface area contributed by atoms with E-state index in [2.05, 4.69) is 10.6 Å². The molecule has 6 nitrogen and oxygen atoms in total. The molecular formula is C17H23FN2O4. The number of carbonyl (C=O) groups excluding carboxylic acids is 2. The van der Waals surface area contributed by atoms with Crippen molar-refractivity contribution in [2.75, 3.05) is 0 Å². The standard InChI is InChI=1S/C17H23FN2O4/c1-10(2)7-15(17(23)24)20-16(22)14(19-11(3)21)9-12-5-4-6-13(18)8-12/h4-6,8,10,14-15H,7,9H2,1-3H3,(H,19,21)(H,20,22)(H,23,24)/t14-,15+/m0/s1. The van der Waals surface area contributed by atoms with Crippen molar-refractivity contribution in [2.24, 2.45) is 5.92 Å². The minimum absolute atomic E-state index is 0.0667. The zero-order valence-corrected chi connectivity index (χ0v) is 14.0. The summed E-state index contributed by atoms with van der Waals surface area (Å²) in [6.07, 6.45) is 0.338. The molecule has 3 N–H and O–H groups in total. The molecule has 0 aliphatic carbocycles. The van der Waals surface area contributed by atoms with Gasteiger partial charge in [-0.3, -0.25) is 9.59 Å². The summed E-state index contributed by atoms with van der Waals surface area (Å²) in [6.45, 7) is 4.95. The maximum Gasteiger partial charge on any atom is 0.326 e. The summed E-state index contributed by atoms with van der Waals surface area (Å²) in [7, 11) is 0. The lowest BCUT2D eigenvalue weighted by molar-refractivity contribution is -0.142. The quantitative estimate of drug-likeness (QED) is 0.669. The van der Waals surface area contributed by atoms with Gasteiger partial charge in [-0.1, -0.05) is 26.0 Å². The van der Waals surface area contributed by atoms with Crippen molar-refractivity contribution in [2.45, 2.75) is 45.7 Å². The molecule has 0 bridgehead atoms. The van der Waals surface area contributed by atoms with E-state index in [4.69, 9.17) is 0 Å². The Balaban J connectivity index is 2.87. The number of carbonyl (C=O) groups is 3. The molecule has 7 heteroatoms. The molecule has 0 unspecified atom stereocenters. The first-order chi connectivity index (χ1) is 11.2. The third-order valence-electron chi connectivity index (χ3n) is 3.34. The number of halogens is 1. The molecule has 24 heavy (non-hydrogen) atoms. The SMILES string of the molecule is CC(=O)N[C@@H](Cc1cccc(F)c1)C(=O)N[C@H](CC(C)C)C(=O)O. The van der Waals surface area contributed by atoms with Crippen LogP contribution in [0.4, 0.5) is 4.39 Å². The van der Waals surface area contributed by atoms with E-state index in [9.17, 15) is 23.9 Å². The first-order valence-corrected chi connectivity index (χ1v) is 7.73. The normalized spacial score (nSPS) is 13.2. The first-order valence-electron chi connectivity index (χ1n) is 7.73. The predicted molar refractivity (Wildman–Crippen MR) is 86.7 cm³/mol. The Labute approximate surface area is 140 Å². The Morgan fingerprint density at radius 2 is 1.83 bits per heavy atom. The van der Waals surface area contributed by atoms with Crippen LogP contribution in [0.2, 0.25) is 0 Å². The molecule has 132 valence electrons. The van der Waals surface area contributed by atoms with Gasteiger partial charge in [0.05, 0.1) is 0 Å². The van der Waals surface area contributed by atoms with Gasteiger partial charge in [-0.2, -0.15) is 0 Å². The van der Waals surface area contributed by atoms with Crippen LogP contribution in [-0.4, -0.2) is 35.0 Å². The lowest BCUT2D eigenvalue weighted by atomic mass is 10.0. The van der Waals surface area contributed by atoms with Crippen LogP contribution in [0.1, 0.15) is 32.8 Å². The summed E-state index contributed by atoms with van der Waals surface area (Å²) < 4.78 is 13.3. The van der Waals surface area contributed by atoms with Gasteiger partial charge in [-0.15, -0.1) is 0 Å². The third kappa shape index (κ3) is 6.76. The fourth-order valence-corrected chi connectivity index (χ4v) is 2.32. The molecule has 2 atom stereocenters. The van der Waals surface area contributed by atoms with Gasteiger partial charge < -0.3 is 15.7 Å². The van der Waals surface area contributed by atoms with E-state index < -0.39 is 35.7 Å². The lowest BCUT2D eigenvalue weighted by Gasteiger charge is -2.22. The molecule has 0 saturated heterocycles. The van der Waals surface area contributed by atoms with Gasteiger partial charge in [-0.25, -0.2) is 9.18 Å². The van der Waals surface area contributed by atoms with Crippen molar-refractivity contribution >= 4 is 17.8 Å². The molecule has 0 saturated carbocycles. The number of carboxylic acid groups (broad SMARTS) is 1. The maximum atomic E-state index is 13.3. The van der Waals surface area contributed by atoms with Gasteiger partial charge in [-0.05, 0) is 30.0 Å². The van der Waals surface area contributed by atoms with Crippen molar-refractivity contribution in [3.05, 3.63) is 35.6 Å². The van der Waals surface area contributed by atoms with Crippen molar-refractivity contribution in [1.82, 2.24) is 10.6 Å². The Hall–Kier alpha value is -2.44. The Morgan fingerprint density at radius 3 is 2.33 bits per heavy atom. The number of aliphatic carboxylic acids is 1. The molecule has 0 aromatic heterocycles. The zero-order valence-electron chi connectivity index (χ0n) is 14.0. The largest absolute Gasteiger partial charge is 0.480 e. The van der Waals surface area contributed by atoms with Crippen molar-refractivity contribution in [3.8, 4) is 0 Å². The average molecular weight is 338 g/mol. The van der Waals surface area contributed by atoms with Gasteiger partial charge >= 0.3 is 5.97 Å². The van der Waals surface area contributed by atoms with Crippen LogP contribution in [0.25, 0.3) is 0 Å². The summed E-state index contributed by atoms with van der Waals surface area (Å²) in [5.74, 6) is -2.54. The van der Waals surface area contributed by atoms with Gasteiger partial charge in [0.1, 0.15) is 17.9 Å². The highest BCUT2D eigenvalue weighted by molar-refractivity contribution is 5.90. The second-order valence-corrected chi connectivity index (χ2v) is 6.12. The Bertz CT molecular complexity index is 604. The van der Waals surface area contributed by atoms with Gasteiger partial charge in [0.25, 0.3) is 0 Å². The molecule has 0 aliphatic heterocycles. The number of hydrogen-bond donors (Lipinski definition) is 3. The molecule has 0 fully saturated rings. The molecule has 0 aliphatic rings. The van der Waals surface area contributed by atoms with Gasteiger partial charge in [0.2, 0.25) is 11.8 Å². The van der Waals surface area contributed by atoms with Crippen LogP contribution in [0, 0.1) is 11.7 Å². The Kier molecular flexibility index (Phi) is 7.35. The van der Waals surface area contributed by atoms with Crippen molar-refractivity contribution in [3.63, 3.8) is 0 Å². The van der Waals surface area contributed by atoms with Crippen LogP contribution in [0.15, 0.2) is 24.3 Å². The topological polar surface area (TPSA) is 95.5 Å². The number of rotatable bonds is 8. The average Bonchev–Trinajstić information content (AvgIpc) is 2.44. The van der Waals surface area contributed by atoms with Gasteiger partial charge in [0.15, 0.2) is 0 Å². The monoisotopic (exact) mass is 338 g/mol. The smallest absolute Gasteiger partial charge is 0.326 e. The molecule has 1 aromatic rings. The van der Waals surface area contributed by atoms with Crippen LogP contribution < -0.4 is 10.6 Å². The molecule has 2 amide bonds. The van der Waals surface area contributed by atoms with Crippen LogP contribution in [-0.2, 0) is 20.8 Å². The number of carboxylic acids is 1. The second kappa shape index (κ2) is 9.00. The zero-order chi connectivity index (χ0) is 18.3. The number of benzene rings is 1. The third-order valence-corrected chi connectivity index (χ3v) is 3.34. The summed E-state index contributed by atoms with van der Waals surface area (Å²) in [5.41, 5.74) is 0.527. The van der Waals surface area contributed by atoms with E-state index in [0.717, 1.165) is 0 Å². The predicted octanol–water partition coefficient (Wildman–Crippen LogP) is 1.49. The van der Waals surface area contributed by atoms with E-state index in [1.54, 1.807) is 6.07 Å². The summed E-state index contributed by atoms with van der Waals surface area (Å²) >= 11 is 0. The summed E-state index contributed by atoms with van der Waals surface area (Å²) in [6, 6.07) is 3.67. The van der Waals surface area contributed by atoms with Crippen LogP contribution >= 0.6 is 0 Å². The highest BCUT2D eigenvalue weighted by Gasteiger charge is 2.26. The molecule has 1 rings (SSSR count). The van der Waals surface area contributed by atoms with E-state index >= 15 is 0 Å². The Morgan fingerprint density at radius 1 is 1.17 bits per heavy atom. The number of hydrogen-bond acceptors (Lipinski definition) is 3. The van der Waals surface area contributed by atoms with E-state index in [1.807, 2.05) is 13.8 Å². The van der Waals surface area contributed by atoms with Crippen LogP contribution in [0.3, 0.4) is 0 Å². The lowest BCUT2D eigenvalue weighted by Crippen LogP contribution is -2.52. The molecule has 0 radical (unpaired) electrons. The molecule has 0 heterocycles. The fraction of sp³-hybridized carbons (Fsp3) is 0.471. The highest BCUT2D eigenvalue weighted by atomic mass is 19.1. The fourth-order valence-electron chi connectivity index (χ4n) is 2.32. The van der Waals surface area contributed by atoms with E-state index in [-0.39, 0.29) is 18.8 Å². The van der Waals surface area contributed by atoms with Crippen molar-refractivity contribution in [1.29, 1.82) is 0 Å². The van der Waals surface area contributed by atoms with E-state index in [1.165, 1.54) is 25.1 Å². The van der Waals surface area contributed by atoms with Crippen molar-refractivity contribution < 1.29 is 23.9 Å². The number of nitrogens with one attached hydrogen (secondary N) is 2. The first kappa shape index (κ1) is 19.6.